The maximum absolute atomic E-state index is 2.40. The minimum absolute atomic E-state index is 1.11. The second kappa shape index (κ2) is 11.6. The lowest BCUT2D eigenvalue weighted by atomic mass is 9.92. The Morgan fingerprint density at radius 3 is 1.47 bits per heavy atom. The molecule has 45 heavy (non-hydrogen) atoms. The lowest BCUT2D eigenvalue weighted by molar-refractivity contribution is 1.28. The van der Waals surface area contributed by atoms with Crippen LogP contribution in [-0.2, 0) is 0 Å². The van der Waals surface area contributed by atoms with E-state index in [0.717, 1.165) is 17.1 Å². The molecular formula is C44H31N. The molecule has 0 amide bonds. The summed E-state index contributed by atoms with van der Waals surface area (Å²) in [6.07, 6.45) is 0. The molecule has 212 valence electrons. The molecule has 8 rings (SSSR count). The van der Waals surface area contributed by atoms with Crippen molar-refractivity contribution in [3.63, 3.8) is 0 Å². The number of fused-ring (bicyclic) bond motifs is 2. The van der Waals surface area contributed by atoms with Crippen LogP contribution >= 0.6 is 0 Å². The lowest BCUT2D eigenvalue weighted by Gasteiger charge is -2.29. The van der Waals surface area contributed by atoms with E-state index in [0.29, 0.717) is 0 Å². The van der Waals surface area contributed by atoms with Gasteiger partial charge in [-0.25, -0.2) is 0 Å². The molecule has 1 nitrogen and oxygen atoms in total. The van der Waals surface area contributed by atoms with Crippen LogP contribution in [0.4, 0.5) is 17.1 Å². The fourth-order valence-corrected chi connectivity index (χ4v) is 6.49. The van der Waals surface area contributed by atoms with Crippen molar-refractivity contribution in [3.05, 3.63) is 188 Å². The van der Waals surface area contributed by atoms with Crippen LogP contribution in [0.5, 0.6) is 0 Å². The van der Waals surface area contributed by atoms with E-state index in [4.69, 9.17) is 0 Å². The third kappa shape index (κ3) is 5.05. The average Bonchev–Trinajstić information content (AvgIpc) is 3.12. The first-order valence-electron chi connectivity index (χ1n) is 15.4. The van der Waals surface area contributed by atoms with Crippen molar-refractivity contribution in [1.29, 1.82) is 0 Å². The monoisotopic (exact) mass is 573 g/mol. The van der Waals surface area contributed by atoms with Crippen LogP contribution in [0, 0.1) is 0 Å². The van der Waals surface area contributed by atoms with E-state index < -0.39 is 0 Å². The molecule has 0 atom stereocenters. The Labute approximate surface area is 264 Å². The Morgan fingerprint density at radius 1 is 0.289 bits per heavy atom. The largest absolute Gasteiger partial charge is 0.310 e. The summed E-state index contributed by atoms with van der Waals surface area (Å²) in [5.74, 6) is 0. The molecule has 0 aliphatic carbocycles. The van der Waals surface area contributed by atoms with E-state index in [-0.39, 0.29) is 0 Å². The minimum atomic E-state index is 1.11. The molecule has 0 unspecified atom stereocenters. The van der Waals surface area contributed by atoms with E-state index in [2.05, 4.69) is 193 Å². The van der Waals surface area contributed by atoms with Crippen molar-refractivity contribution in [2.24, 2.45) is 0 Å². The summed E-state index contributed by atoms with van der Waals surface area (Å²) in [4.78, 5) is 2.40. The SMILES string of the molecule is c1ccc(-c2ccc(N(c3ccccc3)c3cc(-c4cccc5ccccc45)ccc3-c3cccc4ccccc34)cc2)cc1. The highest BCUT2D eigenvalue weighted by atomic mass is 15.1. The fourth-order valence-electron chi connectivity index (χ4n) is 6.49. The third-order valence-corrected chi connectivity index (χ3v) is 8.67. The summed E-state index contributed by atoms with van der Waals surface area (Å²) < 4.78 is 0. The van der Waals surface area contributed by atoms with Gasteiger partial charge in [-0.2, -0.15) is 0 Å². The van der Waals surface area contributed by atoms with E-state index in [9.17, 15) is 0 Å². The molecule has 0 N–H and O–H groups in total. The second-order valence-electron chi connectivity index (χ2n) is 11.4. The molecule has 0 aromatic heterocycles. The molecule has 0 aliphatic heterocycles. The number of benzene rings is 8. The van der Waals surface area contributed by atoms with Crippen molar-refractivity contribution in [1.82, 2.24) is 0 Å². The van der Waals surface area contributed by atoms with Gasteiger partial charge in [-0.3, -0.25) is 0 Å². The van der Waals surface area contributed by atoms with E-state index in [1.54, 1.807) is 0 Å². The summed E-state index contributed by atoms with van der Waals surface area (Å²) in [7, 11) is 0. The van der Waals surface area contributed by atoms with Crippen LogP contribution in [0.1, 0.15) is 0 Å². The van der Waals surface area contributed by atoms with Crippen LogP contribution in [-0.4, -0.2) is 0 Å². The van der Waals surface area contributed by atoms with Gasteiger partial charge in [0.15, 0.2) is 0 Å². The normalized spacial score (nSPS) is 11.1. The zero-order chi connectivity index (χ0) is 30.0. The number of hydrogen-bond acceptors (Lipinski definition) is 1. The topological polar surface area (TPSA) is 3.24 Å². The first-order valence-corrected chi connectivity index (χ1v) is 15.4. The van der Waals surface area contributed by atoms with Gasteiger partial charge in [0.1, 0.15) is 0 Å². The molecule has 0 heterocycles. The fraction of sp³-hybridized carbons (Fsp3) is 0. The maximum Gasteiger partial charge on any atom is 0.0546 e. The van der Waals surface area contributed by atoms with E-state index in [1.165, 1.54) is 54.9 Å². The zero-order valence-electron chi connectivity index (χ0n) is 24.8. The summed E-state index contributed by atoms with van der Waals surface area (Å²) in [6.45, 7) is 0. The van der Waals surface area contributed by atoms with Gasteiger partial charge in [0.25, 0.3) is 0 Å². The van der Waals surface area contributed by atoms with Gasteiger partial charge in [-0.15, -0.1) is 0 Å². The highest BCUT2D eigenvalue weighted by Gasteiger charge is 2.20. The number of nitrogens with zero attached hydrogens (tertiary/aromatic N) is 1. The molecule has 0 spiro atoms. The van der Waals surface area contributed by atoms with Crippen molar-refractivity contribution < 1.29 is 0 Å². The molecule has 1 heteroatoms. The summed E-state index contributed by atoms with van der Waals surface area (Å²) in [5.41, 5.74) is 10.6. The Kier molecular flexibility index (Phi) is 6.90. The molecule has 0 radical (unpaired) electrons. The molecular weight excluding hydrogens is 542 g/mol. The Hall–Kier alpha value is -5.92. The molecule has 8 aromatic carbocycles. The molecule has 0 aliphatic rings. The summed E-state index contributed by atoms with van der Waals surface area (Å²) in [6, 6.07) is 67.7. The first kappa shape index (κ1) is 26.7. The van der Waals surface area contributed by atoms with Gasteiger partial charge in [0.05, 0.1) is 5.69 Å². The van der Waals surface area contributed by atoms with Crippen LogP contribution in [0.2, 0.25) is 0 Å². The minimum Gasteiger partial charge on any atom is -0.310 e. The van der Waals surface area contributed by atoms with Gasteiger partial charge in [0.2, 0.25) is 0 Å². The van der Waals surface area contributed by atoms with E-state index in [1.807, 2.05) is 0 Å². The predicted molar refractivity (Wildman–Crippen MR) is 192 cm³/mol. The highest BCUT2D eigenvalue weighted by molar-refractivity contribution is 6.04. The van der Waals surface area contributed by atoms with Crippen LogP contribution < -0.4 is 4.90 Å². The zero-order valence-corrected chi connectivity index (χ0v) is 24.8. The molecule has 0 saturated heterocycles. The molecule has 0 saturated carbocycles. The highest BCUT2D eigenvalue weighted by Crippen LogP contribution is 2.45. The van der Waals surface area contributed by atoms with Crippen molar-refractivity contribution in [2.75, 3.05) is 4.90 Å². The Morgan fingerprint density at radius 2 is 0.778 bits per heavy atom. The van der Waals surface area contributed by atoms with Crippen molar-refractivity contribution in [2.45, 2.75) is 0 Å². The summed E-state index contributed by atoms with van der Waals surface area (Å²) >= 11 is 0. The number of para-hydroxylation sites is 1. The van der Waals surface area contributed by atoms with Gasteiger partial charge in [0, 0.05) is 16.9 Å². The number of hydrogen-bond donors (Lipinski definition) is 0. The quantitative estimate of drug-likeness (QED) is 0.191. The Balaban J connectivity index is 1.39. The number of rotatable bonds is 6. The van der Waals surface area contributed by atoms with Gasteiger partial charge < -0.3 is 4.90 Å². The van der Waals surface area contributed by atoms with Gasteiger partial charge in [-0.1, -0.05) is 158 Å². The predicted octanol–water partition coefficient (Wildman–Crippen LogP) is 12.5. The first-order chi connectivity index (χ1) is 22.3. The third-order valence-electron chi connectivity index (χ3n) is 8.67. The van der Waals surface area contributed by atoms with Crippen LogP contribution in [0.15, 0.2) is 188 Å². The second-order valence-corrected chi connectivity index (χ2v) is 11.4. The standard InChI is InChI=1S/C44H31N/c1-3-13-32(14-4-1)33-25-28-38(29-26-33)45(37-19-5-2-6-20-37)44-31-36(41-23-11-17-34-15-7-9-21-39(34)41)27-30-43(44)42-24-12-18-35-16-8-10-22-40(35)42/h1-31H. The van der Waals surface area contributed by atoms with Crippen LogP contribution in [0.3, 0.4) is 0 Å². The van der Waals surface area contributed by atoms with Crippen molar-refractivity contribution >= 4 is 38.6 Å². The summed E-state index contributed by atoms with van der Waals surface area (Å²) in [5, 5.41) is 4.97. The number of anilines is 3. The van der Waals surface area contributed by atoms with Gasteiger partial charge >= 0.3 is 0 Å². The molecule has 0 bridgehead atoms. The van der Waals surface area contributed by atoms with Crippen molar-refractivity contribution in [3.8, 4) is 33.4 Å². The lowest BCUT2D eigenvalue weighted by Crippen LogP contribution is -2.11. The maximum atomic E-state index is 2.40. The van der Waals surface area contributed by atoms with E-state index >= 15 is 0 Å². The smallest absolute Gasteiger partial charge is 0.0546 e. The average molecular weight is 574 g/mol. The molecule has 8 aromatic rings. The van der Waals surface area contributed by atoms with Crippen LogP contribution in [0.25, 0.3) is 54.9 Å². The van der Waals surface area contributed by atoms with Gasteiger partial charge in [-0.05, 0) is 79.7 Å². The Bertz CT molecular complexity index is 2240. The molecule has 0 fully saturated rings.